The Kier molecular flexibility index (Phi) is 6.45. The first-order chi connectivity index (χ1) is 9.92. The summed E-state index contributed by atoms with van der Waals surface area (Å²) in [6.07, 6.45) is 0. The number of imide groups is 1. The zero-order chi connectivity index (χ0) is 15.8. The molecular formula is C14H20FN3O3. The third-order valence-electron chi connectivity index (χ3n) is 2.53. The SMILES string of the molecule is COc1cc(F)ccc1NCC(=O)NC(=O)NCC(C)C. The summed E-state index contributed by atoms with van der Waals surface area (Å²) in [6.45, 7) is 4.25. The maximum atomic E-state index is 13.0. The average Bonchev–Trinajstić information content (AvgIpc) is 2.43. The number of hydrogen-bond donors (Lipinski definition) is 3. The smallest absolute Gasteiger partial charge is 0.321 e. The van der Waals surface area contributed by atoms with Crippen molar-refractivity contribution in [2.75, 3.05) is 25.5 Å². The summed E-state index contributed by atoms with van der Waals surface area (Å²) in [4.78, 5) is 23.0. The number of hydrogen-bond acceptors (Lipinski definition) is 4. The molecule has 0 unspecified atom stereocenters. The van der Waals surface area contributed by atoms with Crippen molar-refractivity contribution in [2.45, 2.75) is 13.8 Å². The Labute approximate surface area is 123 Å². The number of halogens is 1. The van der Waals surface area contributed by atoms with E-state index in [4.69, 9.17) is 4.74 Å². The van der Waals surface area contributed by atoms with Crippen LogP contribution in [0.1, 0.15) is 13.8 Å². The number of ether oxygens (including phenoxy) is 1. The molecule has 6 nitrogen and oxygen atoms in total. The number of amides is 3. The van der Waals surface area contributed by atoms with Gasteiger partial charge in [0.1, 0.15) is 11.6 Å². The predicted molar refractivity (Wildman–Crippen MR) is 77.8 cm³/mol. The highest BCUT2D eigenvalue weighted by molar-refractivity contribution is 5.96. The van der Waals surface area contributed by atoms with E-state index in [1.165, 1.54) is 25.3 Å². The Balaban J connectivity index is 2.44. The Morgan fingerprint density at radius 3 is 2.67 bits per heavy atom. The van der Waals surface area contributed by atoms with Crippen LogP contribution < -0.4 is 20.7 Å². The Hall–Kier alpha value is -2.31. The molecule has 0 bridgehead atoms. The van der Waals surface area contributed by atoms with Crippen LogP contribution in [0.15, 0.2) is 18.2 Å². The van der Waals surface area contributed by atoms with Gasteiger partial charge in [0, 0.05) is 12.6 Å². The molecule has 0 saturated carbocycles. The lowest BCUT2D eigenvalue weighted by Crippen LogP contribution is -2.43. The lowest BCUT2D eigenvalue weighted by atomic mass is 10.2. The van der Waals surface area contributed by atoms with Crippen molar-refractivity contribution in [3.05, 3.63) is 24.0 Å². The van der Waals surface area contributed by atoms with E-state index in [9.17, 15) is 14.0 Å². The van der Waals surface area contributed by atoms with Crippen LogP contribution in [0.5, 0.6) is 5.75 Å². The number of anilines is 1. The molecule has 0 aliphatic heterocycles. The maximum Gasteiger partial charge on any atom is 0.321 e. The second-order valence-electron chi connectivity index (χ2n) is 4.85. The zero-order valence-corrected chi connectivity index (χ0v) is 12.3. The average molecular weight is 297 g/mol. The lowest BCUT2D eigenvalue weighted by Gasteiger charge is -2.12. The molecule has 1 aromatic rings. The Bertz CT molecular complexity index is 506. The Morgan fingerprint density at radius 1 is 1.33 bits per heavy atom. The van der Waals surface area contributed by atoms with E-state index in [1.807, 2.05) is 13.8 Å². The molecule has 0 aliphatic rings. The highest BCUT2D eigenvalue weighted by atomic mass is 19.1. The fourth-order valence-electron chi connectivity index (χ4n) is 1.50. The van der Waals surface area contributed by atoms with Gasteiger partial charge in [0.15, 0.2) is 0 Å². The van der Waals surface area contributed by atoms with Crippen LogP contribution in [0.3, 0.4) is 0 Å². The van der Waals surface area contributed by atoms with Gasteiger partial charge in [-0.25, -0.2) is 9.18 Å². The van der Waals surface area contributed by atoms with Crippen LogP contribution in [0.2, 0.25) is 0 Å². The number of carbonyl (C=O) groups excluding carboxylic acids is 2. The first kappa shape index (κ1) is 16.7. The molecule has 0 aliphatic carbocycles. The van der Waals surface area contributed by atoms with E-state index in [0.29, 0.717) is 18.2 Å². The fraction of sp³-hybridized carbons (Fsp3) is 0.429. The molecule has 0 aromatic heterocycles. The maximum absolute atomic E-state index is 13.0. The molecule has 0 heterocycles. The molecular weight excluding hydrogens is 277 g/mol. The predicted octanol–water partition coefficient (Wildman–Crippen LogP) is 1.73. The van der Waals surface area contributed by atoms with E-state index < -0.39 is 17.8 Å². The monoisotopic (exact) mass is 297 g/mol. The first-order valence-corrected chi connectivity index (χ1v) is 6.57. The number of benzene rings is 1. The van der Waals surface area contributed by atoms with Crippen molar-refractivity contribution in [2.24, 2.45) is 5.92 Å². The highest BCUT2D eigenvalue weighted by Gasteiger charge is 2.09. The Morgan fingerprint density at radius 2 is 2.05 bits per heavy atom. The van der Waals surface area contributed by atoms with Gasteiger partial charge in [-0.2, -0.15) is 0 Å². The molecule has 0 radical (unpaired) electrons. The summed E-state index contributed by atoms with van der Waals surface area (Å²) >= 11 is 0. The molecule has 0 fully saturated rings. The quantitative estimate of drug-likeness (QED) is 0.747. The minimum absolute atomic E-state index is 0.128. The van der Waals surface area contributed by atoms with Crippen LogP contribution in [0.25, 0.3) is 0 Å². The van der Waals surface area contributed by atoms with Gasteiger partial charge < -0.3 is 15.4 Å². The molecule has 3 amide bonds. The van der Waals surface area contributed by atoms with Crippen molar-refractivity contribution < 1.29 is 18.7 Å². The molecule has 0 saturated heterocycles. The molecule has 7 heteroatoms. The summed E-state index contributed by atoms with van der Waals surface area (Å²) in [5, 5.41) is 7.53. The first-order valence-electron chi connectivity index (χ1n) is 6.57. The van der Waals surface area contributed by atoms with E-state index in [1.54, 1.807) is 0 Å². The van der Waals surface area contributed by atoms with E-state index >= 15 is 0 Å². The molecule has 1 rings (SSSR count). The summed E-state index contributed by atoms with van der Waals surface area (Å²) in [5.41, 5.74) is 0.469. The zero-order valence-electron chi connectivity index (χ0n) is 12.3. The van der Waals surface area contributed by atoms with Gasteiger partial charge in [0.2, 0.25) is 5.91 Å². The molecule has 21 heavy (non-hydrogen) atoms. The minimum atomic E-state index is -0.540. The molecule has 3 N–H and O–H groups in total. The van der Waals surface area contributed by atoms with E-state index in [2.05, 4.69) is 16.0 Å². The van der Waals surface area contributed by atoms with Gasteiger partial charge >= 0.3 is 6.03 Å². The molecule has 0 atom stereocenters. The third kappa shape index (κ3) is 6.11. The van der Waals surface area contributed by atoms with Crippen molar-refractivity contribution >= 4 is 17.6 Å². The lowest BCUT2D eigenvalue weighted by molar-refractivity contribution is -0.118. The largest absolute Gasteiger partial charge is 0.494 e. The summed E-state index contributed by atoms with van der Waals surface area (Å²) in [7, 11) is 1.40. The molecule has 0 spiro atoms. The van der Waals surface area contributed by atoms with Gasteiger partial charge in [-0.15, -0.1) is 0 Å². The third-order valence-corrected chi connectivity index (χ3v) is 2.53. The number of urea groups is 1. The van der Waals surface area contributed by atoms with Crippen LogP contribution in [0.4, 0.5) is 14.9 Å². The number of carbonyl (C=O) groups is 2. The fourth-order valence-corrected chi connectivity index (χ4v) is 1.50. The van der Waals surface area contributed by atoms with Crippen LogP contribution in [-0.2, 0) is 4.79 Å². The summed E-state index contributed by atoms with van der Waals surface area (Å²) in [6, 6.07) is 3.37. The van der Waals surface area contributed by atoms with E-state index in [0.717, 1.165) is 0 Å². The van der Waals surface area contributed by atoms with Gasteiger partial charge in [-0.1, -0.05) is 13.8 Å². The van der Waals surface area contributed by atoms with Gasteiger partial charge in [-0.05, 0) is 18.1 Å². The molecule has 1 aromatic carbocycles. The van der Waals surface area contributed by atoms with Crippen molar-refractivity contribution in [3.63, 3.8) is 0 Å². The van der Waals surface area contributed by atoms with Gasteiger partial charge in [0.25, 0.3) is 0 Å². The van der Waals surface area contributed by atoms with Crippen LogP contribution in [0, 0.1) is 11.7 Å². The van der Waals surface area contributed by atoms with Crippen molar-refractivity contribution in [1.29, 1.82) is 0 Å². The standard InChI is InChI=1S/C14H20FN3O3/c1-9(2)7-17-14(20)18-13(19)8-16-11-5-4-10(15)6-12(11)21-3/h4-6,9,16H,7-8H2,1-3H3,(H2,17,18,19,20). The topological polar surface area (TPSA) is 79.5 Å². The van der Waals surface area contributed by atoms with Crippen LogP contribution >= 0.6 is 0 Å². The van der Waals surface area contributed by atoms with Crippen LogP contribution in [-0.4, -0.2) is 32.1 Å². The summed E-state index contributed by atoms with van der Waals surface area (Å²) in [5.74, 6) is -0.350. The minimum Gasteiger partial charge on any atom is -0.494 e. The molecule has 116 valence electrons. The second-order valence-corrected chi connectivity index (χ2v) is 4.85. The second kappa shape index (κ2) is 8.08. The van der Waals surface area contributed by atoms with Crippen molar-refractivity contribution in [3.8, 4) is 5.75 Å². The number of rotatable bonds is 6. The van der Waals surface area contributed by atoms with Gasteiger partial charge in [0.05, 0.1) is 19.3 Å². The van der Waals surface area contributed by atoms with Gasteiger partial charge in [-0.3, -0.25) is 10.1 Å². The highest BCUT2D eigenvalue weighted by Crippen LogP contribution is 2.24. The number of methoxy groups -OCH3 is 1. The van der Waals surface area contributed by atoms with Crippen molar-refractivity contribution in [1.82, 2.24) is 10.6 Å². The summed E-state index contributed by atoms with van der Waals surface area (Å²) < 4.78 is 18.0. The number of nitrogens with one attached hydrogen (secondary N) is 3. The normalized spacial score (nSPS) is 10.1. The van der Waals surface area contributed by atoms with E-state index in [-0.39, 0.29) is 12.3 Å².